The fraction of sp³-hybridized carbons (Fsp3) is 1.00. The SMILES string of the molecule is CCCNC(C1CCCC(C)C1)C1(C)CCCS1. The molecule has 1 nitrogen and oxygen atoms in total. The largest absolute Gasteiger partial charge is 0.312 e. The quantitative estimate of drug-likeness (QED) is 0.790. The van der Waals surface area contributed by atoms with E-state index in [2.05, 4.69) is 37.8 Å². The van der Waals surface area contributed by atoms with Gasteiger partial charge in [-0.1, -0.05) is 26.7 Å². The fourth-order valence-electron chi connectivity index (χ4n) is 4.01. The average molecular weight is 269 g/mol. The summed E-state index contributed by atoms with van der Waals surface area (Å²) in [6, 6.07) is 0.757. The van der Waals surface area contributed by atoms with Crippen molar-refractivity contribution in [2.24, 2.45) is 11.8 Å². The first-order valence-electron chi connectivity index (χ1n) is 8.03. The van der Waals surface area contributed by atoms with Crippen molar-refractivity contribution in [3.8, 4) is 0 Å². The van der Waals surface area contributed by atoms with Crippen LogP contribution >= 0.6 is 11.8 Å². The molecule has 18 heavy (non-hydrogen) atoms. The number of hydrogen-bond donors (Lipinski definition) is 1. The van der Waals surface area contributed by atoms with E-state index in [1.807, 2.05) is 0 Å². The second-order valence-corrected chi connectivity index (χ2v) is 8.36. The summed E-state index contributed by atoms with van der Waals surface area (Å²) in [4.78, 5) is 0. The molecule has 2 aliphatic rings. The van der Waals surface area contributed by atoms with Crippen molar-refractivity contribution in [3.05, 3.63) is 0 Å². The molecule has 4 atom stereocenters. The maximum absolute atomic E-state index is 3.92. The van der Waals surface area contributed by atoms with Gasteiger partial charge in [-0.3, -0.25) is 0 Å². The molecule has 4 unspecified atom stereocenters. The third-order valence-corrected chi connectivity index (χ3v) is 6.58. The molecule has 0 amide bonds. The van der Waals surface area contributed by atoms with Crippen LogP contribution in [0.5, 0.6) is 0 Å². The van der Waals surface area contributed by atoms with Gasteiger partial charge in [-0.05, 0) is 63.2 Å². The van der Waals surface area contributed by atoms with Gasteiger partial charge in [0.25, 0.3) is 0 Å². The molecule has 2 heteroatoms. The molecule has 2 fully saturated rings. The van der Waals surface area contributed by atoms with Crippen molar-refractivity contribution < 1.29 is 0 Å². The van der Waals surface area contributed by atoms with E-state index in [0.29, 0.717) is 4.75 Å². The summed E-state index contributed by atoms with van der Waals surface area (Å²) in [7, 11) is 0. The zero-order chi connectivity index (χ0) is 13.0. The summed E-state index contributed by atoms with van der Waals surface area (Å²) < 4.78 is 0.511. The van der Waals surface area contributed by atoms with Crippen LogP contribution in [0.2, 0.25) is 0 Å². The van der Waals surface area contributed by atoms with E-state index >= 15 is 0 Å². The van der Waals surface area contributed by atoms with E-state index in [-0.39, 0.29) is 0 Å². The molecule has 1 aliphatic carbocycles. The van der Waals surface area contributed by atoms with E-state index in [0.717, 1.165) is 17.9 Å². The van der Waals surface area contributed by atoms with Gasteiger partial charge in [-0.25, -0.2) is 0 Å². The molecular weight excluding hydrogens is 238 g/mol. The lowest BCUT2D eigenvalue weighted by atomic mass is 9.74. The minimum Gasteiger partial charge on any atom is -0.312 e. The van der Waals surface area contributed by atoms with Crippen LogP contribution in [0.15, 0.2) is 0 Å². The van der Waals surface area contributed by atoms with Gasteiger partial charge in [-0.15, -0.1) is 0 Å². The maximum atomic E-state index is 3.92. The Labute approximate surface area is 118 Å². The lowest BCUT2D eigenvalue weighted by Crippen LogP contribution is -2.51. The summed E-state index contributed by atoms with van der Waals surface area (Å²) in [6.45, 7) is 8.47. The van der Waals surface area contributed by atoms with E-state index in [1.165, 1.54) is 57.2 Å². The second kappa shape index (κ2) is 6.65. The van der Waals surface area contributed by atoms with Gasteiger partial charge in [0.1, 0.15) is 0 Å². The topological polar surface area (TPSA) is 12.0 Å². The zero-order valence-electron chi connectivity index (χ0n) is 12.5. The molecule has 106 valence electrons. The van der Waals surface area contributed by atoms with Gasteiger partial charge < -0.3 is 5.32 Å². The molecule has 2 rings (SSSR count). The first kappa shape index (κ1) is 14.7. The van der Waals surface area contributed by atoms with Crippen LogP contribution in [0.25, 0.3) is 0 Å². The van der Waals surface area contributed by atoms with Crippen LogP contribution in [0.4, 0.5) is 0 Å². The highest BCUT2D eigenvalue weighted by atomic mass is 32.2. The molecular formula is C16H31NS. The molecule has 1 saturated heterocycles. The molecule has 0 bridgehead atoms. The van der Waals surface area contributed by atoms with Crippen LogP contribution in [0.1, 0.15) is 65.7 Å². The van der Waals surface area contributed by atoms with Crippen LogP contribution in [0.3, 0.4) is 0 Å². The number of thioether (sulfide) groups is 1. The molecule has 1 aliphatic heterocycles. The number of hydrogen-bond acceptors (Lipinski definition) is 2. The summed E-state index contributed by atoms with van der Waals surface area (Å²) in [5, 5.41) is 3.92. The highest BCUT2D eigenvalue weighted by Gasteiger charge is 2.42. The van der Waals surface area contributed by atoms with Crippen LogP contribution in [-0.2, 0) is 0 Å². The summed E-state index contributed by atoms with van der Waals surface area (Å²) in [5.74, 6) is 3.25. The van der Waals surface area contributed by atoms with Gasteiger partial charge in [-0.2, -0.15) is 11.8 Å². The van der Waals surface area contributed by atoms with Crippen LogP contribution in [-0.4, -0.2) is 23.1 Å². The van der Waals surface area contributed by atoms with Crippen LogP contribution < -0.4 is 5.32 Å². The monoisotopic (exact) mass is 269 g/mol. The standard InChI is InChI=1S/C16H31NS/c1-4-10-17-15(16(3)9-6-11-18-16)14-8-5-7-13(2)12-14/h13-15,17H,4-12H2,1-3H3. The molecule has 0 aromatic carbocycles. The van der Waals surface area contributed by atoms with Gasteiger partial charge in [0.15, 0.2) is 0 Å². The van der Waals surface area contributed by atoms with Crippen LogP contribution in [0, 0.1) is 11.8 Å². The van der Waals surface area contributed by atoms with Crippen molar-refractivity contribution in [2.75, 3.05) is 12.3 Å². The smallest absolute Gasteiger partial charge is 0.0287 e. The second-order valence-electron chi connectivity index (χ2n) is 6.73. The van der Waals surface area contributed by atoms with Gasteiger partial charge in [0, 0.05) is 10.8 Å². The minimum absolute atomic E-state index is 0.511. The first-order chi connectivity index (χ1) is 8.65. The third-order valence-electron chi connectivity index (χ3n) is 4.97. The average Bonchev–Trinajstić information content (AvgIpc) is 2.77. The van der Waals surface area contributed by atoms with E-state index in [4.69, 9.17) is 0 Å². The molecule has 0 aromatic rings. The molecule has 0 aromatic heterocycles. The highest BCUT2D eigenvalue weighted by Crippen LogP contribution is 2.45. The van der Waals surface area contributed by atoms with Crippen molar-refractivity contribution in [2.45, 2.75) is 76.5 Å². The van der Waals surface area contributed by atoms with Crippen molar-refractivity contribution in [1.29, 1.82) is 0 Å². The normalized spacial score (nSPS) is 38.8. The van der Waals surface area contributed by atoms with E-state index in [1.54, 1.807) is 0 Å². The molecule has 1 N–H and O–H groups in total. The van der Waals surface area contributed by atoms with Crippen molar-refractivity contribution >= 4 is 11.8 Å². The predicted octanol–water partition coefficient (Wildman–Crippen LogP) is 4.47. The van der Waals surface area contributed by atoms with E-state index in [9.17, 15) is 0 Å². The Balaban J connectivity index is 2.03. The maximum Gasteiger partial charge on any atom is 0.0287 e. The summed E-state index contributed by atoms with van der Waals surface area (Å²) in [6.07, 6.45) is 9.94. The third kappa shape index (κ3) is 3.45. The first-order valence-corrected chi connectivity index (χ1v) is 9.01. The molecule has 0 spiro atoms. The van der Waals surface area contributed by atoms with Crippen molar-refractivity contribution in [3.63, 3.8) is 0 Å². The fourth-order valence-corrected chi connectivity index (χ4v) is 5.51. The zero-order valence-corrected chi connectivity index (χ0v) is 13.3. The summed E-state index contributed by atoms with van der Waals surface area (Å²) >= 11 is 2.24. The number of nitrogens with one attached hydrogen (secondary N) is 1. The summed E-state index contributed by atoms with van der Waals surface area (Å²) in [5.41, 5.74) is 0. The molecule has 0 radical (unpaired) electrons. The van der Waals surface area contributed by atoms with Gasteiger partial charge in [0.05, 0.1) is 0 Å². The Hall–Kier alpha value is 0.310. The minimum atomic E-state index is 0.511. The number of rotatable bonds is 5. The van der Waals surface area contributed by atoms with Gasteiger partial charge in [0.2, 0.25) is 0 Å². The Bertz CT molecular complexity index is 247. The van der Waals surface area contributed by atoms with E-state index < -0.39 is 0 Å². The Morgan fingerprint density at radius 1 is 1.33 bits per heavy atom. The van der Waals surface area contributed by atoms with Gasteiger partial charge >= 0.3 is 0 Å². The molecule has 1 saturated carbocycles. The Morgan fingerprint density at radius 2 is 2.17 bits per heavy atom. The Morgan fingerprint density at radius 3 is 2.78 bits per heavy atom. The van der Waals surface area contributed by atoms with Crippen molar-refractivity contribution in [1.82, 2.24) is 5.32 Å². The Kier molecular flexibility index (Phi) is 5.44. The lowest BCUT2D eigenvalue weighted by molar-refractivity contribution is 0.194. The lowest BCUT2D eigenvalue weighted by Gasteiger charge is -2.42. The molecule has 1 heterocycles. The highest BCUT2D eigenvalue weighted by molar-refractivity contribution is 8.00. The predicted molar refractivity (Wildman–Crippen MR) is 83.3 cm³/mol.